The first-order valence-corrected chi connectivity index (χ1v) is 11.2. The van der Waals surface area contributed by atoms with Gasteiger partial charge in [-0.25, -0.2) is 0 Å². The molecule has 2 aliphatic carbocycles. The molecule has 2 saturated carbocycles. The van der Waals surface area contributed by atoms with Crippen molar-refractivity contribution in [1.29, 1.82) is 0 Å². The van der Waals surface area contributed by atoms with Crippen molar-refractivity contribution in [3.63, 3.8) is 0 Å². The van der Waals surface area contributed by atoms with Crippen LogP contribution in [-0.4, -0.2) is 48.6 Å². The first-order valence-electron chi connectivity index (χ1n) is 11.2. The predicted molar refractivity (Wildman–Crippen MR) is 113 cm³/mol. The Labute approximate surface area is 176 Å². The zero-order valence-corrected chi connectivity index (χ0v) is 17.7. The van der Waals surface area contributed by atoms with Crippen LogP contribution >= 0.6 is 0 Å². The molecule has 1 N–H and O–H groups in total. The number of carbonyl (C=O) groups is 2. The average molecular weight is 411 g/mol. The van der Waals surface area contributed by atoms with Crippen LogP contribution in [0.3, 0.4) is 0 Å². The normalized spacial score (nSPS) is 28.5. The zero-order valence-electron chi connectivity index (χ0n) is 17.7. The Morgan fingerprint density at radius 2 is 1.90 bits per heavy atom. The Morgan fingerprint density at radius 3 is 2.60 bits per heavy atom. The quantitative estimate of drug-likeness (QED) is 0.819. The van der Waals surface area contributed by atoms with Gasteiger partial charge in [-0.15, -0.1) is 0 Å². The van der Waals surface area contributed by atoms with E-state index in [1.165, 1.54) is 12.8 Å². The van der Waals surface area contributed by atoms with Crippen molar-refractivity contribution in [2.75, 3.05) is 19.7 Å². The van der Waals surface area contributed by atoms with Crippen molar-refractivity contribution < 1.29 is 18.7 Å². The summed E-state index contributed by atoms with van der Waals surface area (Å²) in [7, 11) is 0. The Morgan fingerprint density at radius 1 is 1.17 bits per heavy atom. The highest BCUT2D eigenvalue weighted by molar-refractivity contribution is 5.99. The first-order chi connectivity index (χ1) is 14.5. The van der Waals surface area contributed by atoms with Gasteiger partial charge in [0, 0.05) is 37.6 Å². The molecular formula is C24H30N2O4. The lowest BCUT2D eigenvalue weighted by Gasteiger charge is -2.38. The number of furan rings is 1. The Balaban J connectivity index is 1.31. The van der Waals surface area contributed by atoms with E-state index in [0.717, 1.165) is 42.5 Å². The third kappa shape index (κ3) is 3.73. The smallest absolute Gasteiger partial charge is 0.289 e. The highest BCUT2D eigenvalue weighted by atomic mass is 16.5. The largest absolute Gasteiger partial charge is 0.451 e. The van der Waals surface area contributed by atoms with E-state index in [1.54, 1.807) is 6.92 Å². The van der Waals surface area contributed by atoms with Crippen molar-refractivity contribution in [2.45, 2.75) is 51.7 Å². The van der Waals surface area contributed by atoms with Gasteiger partial charge in [-0.05, 0) is 56.4 Å². The number of benzene rings is 1. The molecule has 1 aromatic heterocycles. The molecule has 6 heteroatoms. The molecule has 0 spiro atoms. The highest BCUT2D eigenvalue weighted by Crippen LogP contribution is 2.40. The third-order valence-electron chi connectivity index (χ3n) is 7.07. The van der Waals surface area contributed by atoms with E-state index < -0.39 is 0 Å². The standard InChI is InChI=1S/C24H30N2O4/c1-14-19-5-3-4-6-21(19)30-23(14)24(28)26-11-17-9-20(25-15(2)27)22(10-18(17)12-26)29-13-16-7-8-16/h3-6,16-18,20,22H,7-13H2,1-2H3,(H,25,27)/t17-,18+,20-,22-/m1/s1. The molecule has 0 bridgehead atoms. The van der Waals surface area contributed by atoms with Crippen LogP contribution in [0.25, 0.3) is 11.0 Å². The summed E-state index contributed by atoms with van der Waals surface area (Å²) >= 11 is 0. The average Bonchev–Trinajstić information content (AvgIpc) is 3.37. The molecule has 3 fully saturated rings. The number of hydrogen-bond acceptors (Lipinski definition) is 4. The fraction of sp³-hybridized carbons (Fsp3) is 0.583. The maximum atomic E-state index is 13.3. The number of nitrogens with one attached hydrogen (secondary N) is 1. The van der Waals surface area contributed by atoms with Gasteiger partial charge in [0.15, 0.2) is 5.76 Å². The number of nitrogens with zero attached hydrogens (tertiary/aromatic N) is 1. The summed E-state index contributed by atoms with van der Waals surface area (Å²) in [4.78, 5) is 27.0. The topological polar surface area (TPSA) is 71.8 Å². The molecule has 1 aromatic carbocycles. The number of amides is 2. The number of carbonyl (C=O) groups excluding carboxylic acids is 2. The second kappa shape index (κ2) is 7.73. The molecule has 0 unspecified atom stereocenters. The minimum absolute atomic E-state index is 0.0118. The van der Waals surface area contributed by atoms with Crippen LogP contribution < -0.4 is 5.32 Å². The first kappa shape index (κ1) is 19.6. The number of para-hydroxylation sites is 1. The summed E-state index contributed by atoms with van der Waals surface area (Å²) in [5, 5.41) is 4.10. The Hall–Kier alpha value is -2.34. The van der Waals surface area contributed by atoms with Gasteiger partial charge in [0.2, 0.25) is 5.91 Å². The Kier molecular flexibility index (Phi) is 5.05. The van der Waals surface area contributed by atoms with E-state index >= 15 is 0 Å². The van der Waals surface area contributed by atoms with Crippen molar-refractivity contribution in [3.05, 3.63) is 35.6 Å². The molecule has 30 heavy (non-hydrogen) atoms. The van der Waals surface area contributed by atoms with E-state index in [4.69, 9.17) is 9.15 Å². The number of hydrogen-bond donors (Lipinski definition) is 1. The molecular weight excluding hydrogens is 380 g/mol. The van der Waals surface area contributed by atoms with Gasteiger partial charge in [-0.2, -0.15) is 0 Å². The fourth-order valence-corrected chi connectivity index (χ4v) is 5.24. The molecule has 5 rings (SSSR count). The van der Waals surface area contributed by atoms with E-state index in [2.05, 4.69) is 5.32 Å². The van der Waals surface area contributed by atoms with Gasteiger partial charge < -0.3 is 19.4 Å². The predicted octanol–water partition coefficient (Wildman–Crippen LogP) is 3.52. The SMILES string of the molecule is CC(=O)N[C@@H]1C[C@@H]2CN(C(=O)c3oc4ccccc4c3C)C[C@@H]2C[C@H]1OCC1CC1. The van der Waals surface area contributed by atoms with E-state index in [1.807, 2.05) is 36.1 Å². The van der Waals surface area contributed by atoms with Gasteiger partial charge in [0.1, 0.15) is 5.58 Å². The zero-order chi connectivity index (χ0) is 20.8. The number of fused-ring (bicyclic) bond motifs is 2. The van der Waals surface area contributed by atoms with Gasteiger partial charge >= 0.3 is 0 Å². The molecule has 4 atom stereocenters. The third-order valence-corrected chi connectivity index (χ3v) is 7.07. The van der Waals surface area contributed by atoms with Gasteiger partial charge in [-0.1, -0.05) is 18.2 Å². The van der Waals surface area contributed by atoms with Crippen LogP contribution in [0.5, 0.6) is 0 Å². The minimum Gasteiger partial charge on any atom is -0.451 e. The molecule has 160 valence electrons. The van der Waals surface area contributed by atoms with Gasteiger partial charge in [0.05, 0.1) is 12.1 Å². The van der Waals surface area contributed by atoms with Crippen LogP contribution in [-0.2, 0) is 9.53 Å². The van der Waals surface area contributed by atoms with Crippen molar-refractivity contribution in [3.8, 4) is 0 Å². The molecule has 2 aromatic rings. The van der Waals surface area contributed by atoms with Crippen LogP contribution in [0.4, 0.5) is 0 Å². The Bertz CT molecular complexity index is 963. The molecule has 2 amide bonds. The fourth-order valence-electron chi connectivity index (χ4n) is 5.24. The van der Waals surface area contributed by atoms with E-state index in [9.17, 15) is 9.59 Å². The second-order valence-corrected chi connectivity index (χ2v) is 9.38. The van der Waals surface area contributed by atoms with Crippen molar-refractivity contribution in [2.24, 2.45) is 17.8 Å². The molecule has 0 radical (unpaired) electrons. The summed E-state index contributed by atoms with van der Waals surface area (Å²) < 4.78 is 12.2. The summed E-state index contributed by atoms with van der Waals surface area (Å²) in [5.41, 5.74) is 1.67. The van der Waals surface area contributed by atoms with Crippen LogP contribution in [0.15, 0.2) is 28.7 Å². The van der Waals surface area contributed by atoms with Crippen LogP contribution in [0, 0.1) is 24.7 Å². The van der Waals surface area contributed by atoms with E-state index in [-0.39, 0.29) is 24.0 Å². The van der Waals surface area contributed by atoms with Crippen molar-refractivity contribution in [1.82, 2.24) is 10.2 Å². The maximum absolute atomic E-state index is 13.3. The number of rotatable bonds is 5. The summed E-state index contributed by atoms with van der Waals surface area (Å²) in [6, 6.07) is 7.82. The van der Waals surface area contributed by atoms with Gasteiger partial charge in [0.25, 0.3) is 5.91 Å². The summed E-state index contributed by atoms with van der Waals surface area (Å²) in [6.45, 7) is 5.76. The minimum atomic E-state index is -0.0235. The molecule has 3 aliphatic rings. The van der Waals surface area contributed by atoms with E-state index in [0.29, 0.717) is 30.1 Å². The molecule has 6 nitrogen and oxygen atoms in total. The highest BCUT2D eigenvalue weighted by Gasteiger charge is 2.45. The number of ether oxygens (including phenoxy) is 1. The molecule has 1 saturated heterocycles. The second-order valence-electron chi connectivity index (χ2n) is 9.38. The summed E-state index contributed by atoms with van der Waals surface area (Å²) in [6.07, 6.45) is 4.30. The monoisotopic (exact) mass is 410 g/mol. The molecule has 2 heterocycles. The lowest BCUT2D eigenvalue weighted by atomic mass is 9.77. The van der Waals surface area contributed by atoms with Crippen molar-refractivity contribution >= 4 is 22.8 Å². The van der Waals surface area contributed by atoms with Crippen LogP contribution in [0.1, 0.15) is 48.7 Å². The lowest BCUT2D eigenvalue weighted by molar-refractivity contribution is -0.122. The van der Waals surface area contributed by atoms with Gasteiger partial charge in [-0.3, -0.25) is 9.59 Å². The maximum Gasteiger partial charge on any atom is 0.289 e. The molecule has 1 aliphatic heterocycles. The summed E-state index contributed by atoms with van der Waals surface area (Å²) in [5.74, 6) is 1.91. The number of likely N-dealkylation sites (tertiary alicyclic amines) is 1. The van der Waals surface area contributed by atoms with Crippen LogP contribution in [0.2, 0.25) is 0 Å². The lowest BCUT2D eigenvalue weighted by Crippen LogP contribution is -2.50. The number of aryl methyl sites for hydroxylation is 1.